The topological polar surface area (TPSA) is 66.0 Å². The van der Waals surface area contributed by atoms with Gasteiger partial charge in [-0.05, 0) is 30.2 Å². The molecular formula is C16H17ClN4O. The number of rotatable bonds is 4. The van der Waals surface area contributed by atoms with Gasteiger partial charge in [0.05, 0.1) is 12.2 Å². The summed E-state index contributed by atoms with van der Waals surface area (Å²) in [6.07, 6.45) is 2.36. The van der Waals surface area contributed by atoms with Crippen molar-refractivity contribution in [3.8, 4) is 0 Å². The summed E-state index contributed by atoms with van der Waals surface area (Å²) < 4.78 is 0. The Hall–Kier alpha value is -1.95. The van der Waals surface area contributed by atoms with Crippen molar-refractivity contribution >= 4 is 17.5 Å². The molecule has 1 aromatic heterocycles. The minimum atomic E-state index is -0.287. The lowest BCUT2D eigenvalue weighted by molar-refractivity contribution is -0.123. The lowest BCUT2D eigenvalue weighted by Gasteiger charge is -2.11. The van der Waals surface area contributed by atoms with Crippen LogP contribution in [0.15, 0.2) is 48.7 Å². The van der Waals surface area contributed by atoms with Crippen molar-refractivity contribution in [2.75, 3.05) is 0 Å². The van der Waals surface area contributed by atoms with Crippen molar-refractivity contribution in [3.05, 3.63) is 64.9 Å². The van der Waals surface area contributed by atoms with Crippen LogP contribution in [0.5, 0.6) is 0 Å². The predicted octanol–water partition coefficient (Wildman–Crippen LogP) is 1.96. The molecule has 2 aromatic rings. The number of amides is 1. The van der Waals surface area contributed by atoms with E-state index in [2.05, 4.69) is 21.2 Å². The van der Waals surface area contributed by atoms with Crippen molar-refractivity contribution in [3.63, 3.8) is 0 Å². The maximum Gasteiger partial charge on any atom is 0.238 e. The van der Waals surface area contributed by atoms with Gasteiger partial charge in [-0.25, -0.2) is 10.9 Å². The van der Waals surface area contributed by atoms with Crippen LogP contribution < -0.4 is 16.2 Å². The van der Waals surface area contributed by atoms with E-state index in [1.165, 1.54) is 0 Å². The Bertz CT molecular complexity index is 650. The van der Waals surface area contributed by atoms with Gasteiger partial charge < -0.3 is 5.32 Å². The smallest absolute Gasteiger partial charge is 0.238 e. The van der Waals surface area contributed by atoms with Gasteiger partial charge in [0.2, 0.25) is 5.91 Å². The highest BCUT2D eigenvalue weighted by Gasteiger charge is 2.30. The average Bonchev–Trinajstić information content (AvgIpc) is 3.04. The minimum absolute atomic E-state index is 0.0271. The summed E-state index contributed by atoms with van der Waals surface area (Å²) in [7, 11) is 0. The van der Waals surface area contributed by atoms with Crippen molar-refractivity contribution in [2.24, 2.45) is 0 Å². The van der Waals surface area contributed by atoms with Gasteiger partial charge in [0.25, 0.3) is 0 Å². The molecule has 1 aromatic carbocycles. The van der Waals surface area contributed by atoms with Crippen LogP contribution in [0.2, 0.25) is 5.02 Å². The number of hydrogen-bond acceptors (Lipinski definition) is 4. The molecular weight excluding hydrogens is 300 g/mol. The van der Waals surface area contributed by atoms with Gasteiger partial charge in [-0.15, -0.1) is 0 Å². The molecule has 0 bridgehead atoms. The maximum atomic E-state index is 12.2. The summed E-state index contributed by atoms with van der Waals surface area (Å²) in [5, 5.41) is 3.60. The molecule has 2 atom stereocenters. The van der Waals surface area contributed by atoms with E-state index in [0.717, 1.165) is 11.3 Å². The minimum Gasteiger partial charge on any atom is -0.349 e. The molecule has 114 valence electrons. The van der Waals surface area contributed by atoms with Crippen molar-refractivity contribution in [2.45, 2.75) is 25.0 Å². The molecule has 22 heavy (non-hydrogen) atoms. The SMILES string of the molecule is O=C(NCc1ccccn1)C1CC(c2ccccc2Cl)NN1. The summed E-state index contributed by atoms with van der Waals surface area (Å²) in [6.45, 7) is 0.425. The number of carbonyl (C=O) groups is 1. The van der Waals surface area contributed by atoms with Crippen LogP contribution in [0.1, 0.15) is 23.7 Å². The summed E-state index contributed by atoms with van der Waals surface area (Å²) in [6, 6.07) is 13.0. The van der Waals surface area contributed by atoms with E-state index in [4.69, 9.17) is 11.6 Å². The highest BCUT2D eigenvalue weighted by molar-refractivity contribution is 6.31. The van der Waals surface area contributed by atoms with Crippen LogP contribution in [0.4, 0.5) is 0 Å². The normalized spacial score (nSPS) is 20.8. The average molecular weight is 317 g/mol. The number of pyridine rings is 1. The molecule has 0 saturated carbocycles. The van der Waals surface area contributed by atoms with E-state index < -0.39 is 0 Å². The highest BCUT2D eigenvalue weighted by Crippen LogP contribution is 2.28. The Morgan fingerprint density at radius 1 is 1.23 bits per heavy atom. The highest BCUT2D eigenvalue weighted by atomic mass is 35.5. The van der Waals surface area contributed by atoms with E-state index in [1.807, 2.05) is 42.5 Å². The molecule has 5 nitrogen and oxygen atoms in total. The molecule has 0 radical (unpaired) electrons. The van der Waals surface area contributed by atoms with Gasteiger partial charge in [0, 0.05) is 17.3 Å². The predicted molar refractivity (Wildman–Crippen MR) is 85.0 cm³/mol. The molecule has 1 amide bonds. The second-order valence-electron chi connectivity index (χ2n) is 5.19. The maximum absolute atomic E-state index is 12.2. The Morgan fingerprint density at radius 2 is 2.05 bits per heavy atom. The van der Waals surface area contributed by atoms with E-state index in [1.54, 1.807) is 6.20 Å². The van der Waals surface area contributed by atoms with Gasteiger partial charge >= 0.3 is 0 Å². The van der Waals surface area contributed by atoms with Gasteiger partial charge in [-0.2, -0.15) is 0 Å². The number of hydrazine groups is 1. The van der Waals surface area contributed by atoms with E-state index in [0.29, 0.717) is 18.0 Å². The fraction of sp³-hybridized carbons (Fsp3) is 0.250. The molecule has 1 aliphatic heterocycles. The van der Waals surface area contributed by atoms with Crippen LogP contribution in [0.3, 0.4) is 0 Å². The fourth-order valence-electron chi connectivity index (χ4n) is 2.49. The molecule has 2 unspecified atom stereocenters. The third-order valence-electron chi connectivity index (χ3n) is 3.67. The zero-order valence-corrected chi connectivity index (χ0v) is 12.7. The summed E-state index contributed by atoms with van der Waals surface area (Å²) in [5.41, 5.74) is 7.99. The van der Waals surface area contributed by atoms with Crippen LogP contribution >= 0.6 is 11.6 Å². The Kier molecular flexibility index (Phi) is 4.68. The van der Waals surface area contributed by atoms with Crippen molar-refractivity contribution < 1.29 is 4.79 Å². The lowest BCUT2D eigenvalue weighted by Crippen LogP contribution is -2.42. The van der Waals surface area contributed by atoms with Crippen molar-refractivity contribution in [1.29, 1.82) is 0 Å². The monoisotopic (exact) mass is 316 g/mol. The number of nitrogens with zero attached hydrogens (tertiary/aromatic N) is 1. The van der Waals surface area contributed by atoms with Crippen LogP contribution in [-0.4, -0.2) is 16.9 Å². The second kappa shape index (κ2) is 6.87. The van der Waals surface area contributed by atoms with Gasteiger partial charge in [-0.3, -0.25) is 9.78 Å². The molecule has 6 heteroatoms. The summed E-state index contributed by atoms with van der Waals surface area (Å²) >= 11 is 6.20. The van der Waals surface area contributed by atoms with Crippen molar-refractivity contribution in [1.82, 2.24) is 21.2 Å². The van der Waals surface area contributed by atoms with Gasteiger partial charge in [0.1, 0.15) is 6.04 Å². The molecule has 1 aliphatic rings. The number of hydrogen-bond donors (Lipinski definition) is 3. The summed E-state index contributed by atoms with van der Waals surface area (Å²) in [5.74, 6) is -0.0484. The van der Waals surface area contributed by atoms with E-state index in [-0.39, 0.29) is 18.0 Å². The standard InChI is InChI=1S/C16H17ClN4O/c17-13-7-2-1-6-12(13)14-9-15(21-20-14)16(22)19-10-11-5-3-4-8-18-11/h1-8,14-15,20-21H,9-10H2,(H,19,22). The van der Waals surface area contributed by atoms with Gasteiger partial charge in [-0.1, -0.05) is 35.9 Å². The molecule has 3 rings (SSSR count). The van der Waals surface area contributed by atoms with Crippen LogP contribution in [-0.2, 0) is 11.3 Å². The molecule has 0 spiro atoms. The molecule has 0 aliphatic carbocycles. The molecule has 1 fully saturated rings. The zero-order valence-electron chi connectivity index (χ0n) is 11.9. The number of benzene rings is 1. The van der Waals surface area contributed by atoms with E-state index in [9.17, 15) is 4.79 Å². The Labute approximate surface area is 134 Å². The Balaban J connectivity index is 1.56. The zero-order chi connectivity index (χ0) is 15.4. The first-order chi connectivity index (χ1) is 10.7. The first kappa shape index (κ1) is 15.0. The third kappa shape index (κ3) is 3.44. The fourth-order valence-corrected chi connectivity index (χ4v) is 2.76. The second-order valence-corrected chi connectivity index (χ2v) is 5.60. The summed E-state index contributed by atoms with van der Waals surface area (Å²) in [4.78, 5) is 16.4. The quantitative estimate of drug-likeness (QED) is 0.807. The number of aromatic nitrogens is 1. The first-order valence-electron chi connectivity index (χ1n) is 7.17. The van der Waals surface area contributed by atoms with Crippen LogP contribution in [0, 0.1) is 0 Å². The van der Waals surface area contributed by atoms with Gasteiger partial charge in [0.15, 0.2) is 0 Å². The Morgan fingerprint density at radius 3 is 2.82 bits per heavy atom. The first-order valence-corrected chi connectivity index (χ1v) is 7.55. The third-order valence-corrected chi connectivity index (χ3v) is 4.01. The van der Waals surface area contributed by atoms with Crippen LogP contribution in [0.25, 0.3) is 0 Å². The largest absolute Gasteiger partial charge is 0.349 e. The number of carbonyl (C=O) groups excluding carboxylic acids is 1. The van der Waals surface area contributed by atoms with E-state index >= 15 is 0 Å². The lowest BCUT2D eigenvalue weighted by atomic mass is 10.0. The molecule has 3 N–H and O–H groups in total. The molecule has 1 saturated heterocycles. The number of nitrogens with one attached hydrogen (secondary N) is 3. The molecule has 2 heterocycles. The number of halogens is 1.